The van der Waals surface area contributed by atoms with Crippen LogP contribution in [-0.2, 0) is 6.42 Å². The number of aromatic nitrogens is 1. The predicted octanol–water partition coefficient (Wildman–Crippen LogP) is 3.47. The van der Waals surface area contributed by atoms with Gasteiger partial charge in [-0.3, -0.25) is 14.5 Å². The molecule has 0 aliphatic carbocycles. The number of ether oxygens (including phenoxy) is 2. The van der Waals surface area contributed by atoms with Crippen molar-refractivity contribution in [3.05, 3.63) is 50.9 Å². The van der Waals surface area contributed by atoms with Crippen LogP contribution in [0.4, 0.5) is 13.2 Å². The largest absolute Gasteiger partial charge is 0.451 e. The first-order valence-electron chi connectivity index (χ1n) is 10.9. The number of amides is 1. The van der Waals surface area contributed by atoms with E-state index in [1.54, 1.807) is 19.1 Å². The van der Waals surface area contributed by atoms with Crippen LogP contribution in [0.1, 0.15) is 40.0 Å². The number of aromatic amines is 1. The molecule has 184 valence electrons. The lowest BCUT2D eigenvalue weighted by molar-refractivity contribution is -0.150. The second kappa shape index (κ2) is 9.53. The number of primary amides is 1. The van der Waals surface area contributed by atoms with Gasteiger partial charge in [0.15, 0.2) is 11.5 Å². The highest BCUT2D eigenvalue weighted by Gasteiger charge is 2.39. The predicted molar refractivity (Wildman–Crippen MR) is 122 cm³/mol. The van der Waals surface area contributed by atoms with Gasteiger partial charge in [0.05, 0.1) is 6.54 Å². The molecule has 1 saturated heterocycles. The van der Waals surface area contributed by atoms with Crippen molar-refractivity contribution in [1.82, 2.24) is 9.88 Å². The quantitative estimate of drug-likeness (QED) is 0.594. The van der Waals surface area contributed by atoms with E-state index in [-0.39, 0.29) is 23.5 Å². The smallest absolute Gasteiger partial charge is 0.401 e. The fraction of sp³-hybridized carbons (Fsp3) is 0.478. The van der Waals surface area contributed by atoms with Gasteiger partial charge in [-0.1, -0.05) is 0 Å². The summed E-state index contributed by atoms with van der Waals surface area (Å²) in [6, 6.07) is 5.02. The minimum absolute atomic E-state index is 0.105. The third-order valence-electron chi connectivity index (χ3n) is 6.19. The third-order valence-corrected chi connectivity index (χ3v) is 6.99. The first-order valence-corrected chi connectivity index (χ1v) is 12.1. The monoisotopic (exact) mass is 497 g/mol. The molecular formula is C23H26F3N3O4S. The van der Waals surface area contributed by atoms with Gasteiger partial charge in [0, 0.05) is 39.6 Å². The van der Waals surface area contributed by atoms with Crippen LogP contribution in [0.3, 0.4) is 0 Å². The van der Waals surface area contributed by atoms with Gasteiger partial charge in [-0.15, -0.1) is 11.8 Å². The average Bonchev–Trinajstić information content (AvgIpc) is 3.19. The standard InChI is InChI=1S/C23H26F3N3O4S/c1-12-9-18(34-2)16(21(31)28-12)10-15-14(20(27)30)3-4-17-19(15)33-22(32-17)13-5-7-29(8-6-13)11-23(24,25)26/h3-4,9,13,22H,5-8,10-11H2,1-2H3,(H2,27,30)(H,28,31). The highest BCUT2D eigenvalue weighted by atomic mass is 32.2. The van der Waals surface area contributed by atoms with E-state index in [0.717, 1.165) is 10.6 Å². The average molecular weight is 498 g/mol. The maximum atomic E-state index is 12.7. The van der Waals surface area contributed by atoms with E-state index in [4.69, 9.17) is 15.2 Å². The van der Waals surface area contributed by atoms with E-state index < -0.39 is 24.9 Å². The lowest BCUT2D eigenvalue weighted by atomic mass is 9.96. The molecular weight excluding hydrogens is 471 g/mol. The van der Waals surface area contributed by atoms with E-state index in [0.29, 0.717) is 48.6 Å². The van der Waals surface area contributed by atoms with Crippen LogP contribution < -0.4 is 20.8 Å². The minimum atomic E-state index is -4.23. The number of piperidine rings is 1. The number of nitrogens with zero attached hydrogens (tertiary/aromatic N) is 1. The summed E-state index contributed by atoms with van der Waals surface area (Å²) >= 11 is 1.42. The molecule has 4 rings (SSSR count). The maximum absolute atomic E-state index is 12.7. The number of nitrogens with one attached hydrogen (secondary N) is 1. The Morgan fingerprint density at radius 2 is 1.94 bits per heavy atom. The Labute approximate surface area is 198 Å². The van der Waals surface area contributed by atoms with Crippen LogP contribution in [0, 0.1) is 12.8 Å². The molecule has 1 aromatic heterocycles. The zero-order valence-electron chi connectivity index (χ0n) is 18.8. The van der Waals surface area contributed by atoms with Crippen LogP contribution in [-0.4, -0.2) is 54.1 Å². The van der Waals surface area contributed by atoms with Crippen LogP contribution in [0.2, 0.25) is 0 Å². The van der Waals surface area contributed by atoms with Crippen molar-refractivity contribution in [3.63, 3.8) is 0 Å². The Bertz CT molecular complexity index is 1140. The van der Waals surface area contributed by atoms with Crippen molar-refractivity contribution in [3.8, 4) is 11.5 Å². The molecule has 0 saturated carbocycles. The number of H-pyrrole nitrogens is 1. The Kier molecular flexibility index (Phi) is 6.86. The Morgan fingerprint density at radius 3 is 2.56 bits per heavy atom. The number of nitrogens with two attached hydrogens (primary N) is 1. The second-order valence-corrected chi connectivity index (χ2v) is 9.47. The molecule has 1 amide bonds. The maximum Gasteiger partial charge on any atom is 0.401 e. The molecule has 1 aromatic carbocycles. The van der Waals surface area contributed by atoms with Gasteiger partial charge in [-0.2, -0.15) is 13.2 Å². The van der Waals surface area contributed by atoms with Gasteiger partial charge < -0.3 is 20.2 Å². The molecule has 3 N–H and O–H groups in total. The number of hydrogen-bond acceptors (Lipinski definition) is 6. The van der Waals surface area contributed by atoms with Crippen LogP contribution >= 0.6 is 11.8 Å². The van der Waals surface area contributed by atoms with Gasteiger partial charge >= 0.3 is 6.18 Å². The number of aryl methyl sites for hydroxylation is 1. The second-order valence-electron chi connectivity index (χ2n) is 8.62. The molecule has 2 aliphatic rings. The van der Waals surface area contributed by atoms with Gasteiger partial charge in [-0.05, 0) is 57.3 Å². The van der Waals surface area contributed by atoms with Crippen molar-refractivity contribution in [2.45, 2.75) is 43.5 Å². The van der Waals surface area contributed by atoms with Gasteiger partial charge in [-0.25, -0.2) is 0 Å². The summed E-state index contributed by atoms with van der Waals surface area (Å²) in [6.07, 6.45) is -1.95. The Hall–Kier alpha value is -2.66. The molecule has 0 spiro atoms. The first kappa shape index (κ1) is 24.5. The number of benzene rings is 1. The topological polar surface area (TPSA) is 97.6 Å². The number of carbonyl (C=O) groups excluding carboxylic acids is 1. The molecule has 2 aromatic rings. The van der Waals surface area contributed by atoms with E-state index in [2.05, 4.69) is 4.98 Å². The summed E-state index contributed by atoms with van der Waals surface area (Å²) in [5.74, 6) is 0.0221. The Morgan fingerprint density at radius 1 is 1.24 bits per heavy atom. The summed E-state index contributed by atoms with van der Waals surface area (Å²) in [7, 11) is 0. The summed E-state index contributed by atoms with van der Waals surface area (Å²) in [5.41, 5.74) is 7.26. The molecule has 2 aliphatic heterocycles. The summed E-state index contributed by atoms with van der Waals surface area (Å²) < 4.78 is 50.2. The number of alkyl halides is 3. The zero-order chi connectivity index (χ0) is 24.6. The molecule has 0 bridgehead atoms. The van der Waals surface area contributed by atoms with Crippen molar-refractivity contribution < 1.29 is 27.4 Å². The number of halogens is 3. The van der Waals surface area contributed by atoms with Crippen LogP contribution in [0.5, 0.6) is 11.5 Å². The molecule has 1 unspecified atom stereocenters. The molecule has 3 heterocycles. The highest BCUT2D eigenvalue weighted by Crippen LogP contribution is 2.44. The van der Waals surface area contributed by atoms with Crippen molar-refractivity contribution >= 4 is 17.7 Å². The summed E-state index contributed by atoms with van der Waals surface area (Å²) in [6.45, 7) is 1.45. The molecule has 34 heavy (non-hydrogen) atoms. The third kappa shape index (κ3) is 5.20. The van der Waals surface area contributed by atoms with E-state index >= 15 is 0 Å². The fourth-order valence-electron chi connectivity index (χ4n) is 4.54. The number of pyridine rings is 1. The number of thioether (sulfide) groups is 1. The molecule has 1 atom stereocenters. The van der Waals surface area contributed by atoms with Crippen LogP contribution in [0.25, 0.3) is 0 Å². The number of rotatable bonds is 6. The van der Waals surface area contributed by atoms with Crippen molar-refractivity contribution in [2.75, 3.05) is 25.9 Å². The van der Waals surface area contributed by atoms with E-state index in [9.17, 15) is 22.8 Å². The van der Waals surface area contributed by atoms with E-state index in [1.807, 2.05) is 12.3 Å². The number of carbonyl (C=O) groups is 1. The van der Waals surface area contributed by atoms with Gasteiger partial charge in [0.2, 0.25) is 12.2 Å². The first-order chi connectivity index (χ1) is 16.1. The number of fused-ring (bicyclic) bond motifs is 1. The fourth-order valence-corrected chi connectivity index (χ4v) is 5.25. The number of hydrogen-bond donors (Lipinski definition) is 2. The van der Waals surface area contributed by atoms with Crippen LogP contribution in [0.15, 0.2) is 27.9 Å². The summed E-state index contributed by atoms with van der Waals surface area (Å²) in [5, 5.41) is 0. The highest BCUT2D eigenvalue weighted by molar-refractivity contribution is 7.98. The molecule has 7 nitrogen and oxygen atoms in total. The van der Waals surface area contributed by atoms with E-state index in [1.165, 1.54) is 16.7 Å². The zero-order valence-corrected chi connectivity index (χ0v) is 19.6. The lowest BCUT2D eigenvalue weighted by Crippen LogP contribution is -2.43. The normalized spacial score (nSPS) is 18.9. The lowest BCUT2D eigenvalue weighted by Gasteiger charge is -2.33. The van der Waals surface area contributed by atoms with Crippen molar-refractivity contribution in [1.29, 1.82) is 0 Å². The van der Waals surface area contributed by atoms with Gasteiger partial charge in [0.1, 0.15) is 0 Å². The molecule has 0 radical (unpaired) electrons. The van der Waals surface area contributed by atoms with Crippen molar-refractivity contribution in [2.24, 2.45) is 11.7 Å². The minimum Gasteiger partial charge on any atom is -0.451 e. The molecule has 1 fully saturated rings. The Balaban J connectivity index is 1.58. The molecule has 11 heteroatoms. The van der Waals surface area contributed by atoms with Gasteiger partial charge in [0.25, 0.3) is 5.56 Å². The number of likely N-dealkylation sites (tertiary alicyclic amines) is 1. The summed E-state index contributed by atoms with van der Waals surface area (Å²) in [4.78, 5) is 29.8. The SMILES string of the molecule is CSc1cc(C)[nH]c(=O)c1Cc1c(C(N)=O)ccc2c1OC(C1CCN(CC(F)(F)F)CC1)O2.